The van der Waals surface area contributed by atoms with Gasteiger partial charge in [0.1, 0.15) is 30.5 Å². The molecule has 0 bridgehead atoms. The zero-order chi connectivity index (χ0) is 25.6. The van der Waals surface area contributed by atoms with Crippen LogP contribution in [0.2, 0.25) is 0 Å². The van der Waals surface area contributed by atoms with Crippen LogP contribution in [0.1, 0.15) is 29.2 Å². The second kappa shape index (κ2) is 11.5. The number of hydrogen-bond acceptors (Lipinski definition) is 5. The molecular weight excluding hydrogens is 530 g/mol. The quantitative estimate of drug-likeness (QED) is 0.232. The van der Waals surface area contributed by atoms with Crippen molar-refractivity contribution >= 4 is 27.3 Å². The summed E-state index contributed by atoms with van der Waals surface area (Å²) >= 11 is 3.71. The van der Waals surface area contributed by atoms with Crippen LogP contribution in [0.25, 0.3) is 11.3 Å². The second-order valence-corrected chi connectivity index (χ2v) is 9.59. The van der Waals surface area contributed by atoms with E-state index in [9.17, 15) is 0 Å². The van der Waals surface area contributed by atoms with Gasteiger partial charge in [-0.1, -0.05) is 72.8 Å². The Morgan fingerprint density at radius 2 is 1.38 bits per heavy atom. The molecule has 1 atom stereocenters. The Kier molecular flexibility index (Phi) is 7.78. The van der Waals surface area contributed by atoms with Gasteiger partial charge in [-0.15, -0.1) is 5.48 Å². The van der Waals surface area contributed by atoms with Crippen LogP contribution in [0, 0.1) is 0 Å². The average Bonchev–Trinajstić information content (AvgIpc) is 3.33. The van der Waals surface area contributed by atoms with Crippen LogP contribution in [-0.4, -0.2) is 13.2 Å². The first-order valence-corrected chi connectivity index (χ1v) is 12.9. The molecule has 1 N–H and O–H groups in total. The lowest BCUT2D eigenvalue weighted by Crippen LogP contribution is -2.18. The van der Waals surface area contributed by atoms with Crippen LogP contribution in [-0.2, 0) is 18.1 Å². The minimum absolute atomic E-state index is 0.0156. The number of ether oxygens (including phenoxy) is 3. The summed E-state index contributed by atoms with van der Waals surface area (Å²) in [6, 6.07) is 32.1. The van der Waals surface area contributed by atoms with Crippen LogP contribution in [0.15, 0.2) is 102 Å². The van der Waals surface area contributed by atoms with Gasteiger partial charge in [0.05, 0.1) is 23.2 Å². The maximum absolute atomic E-state index is 6.38. The van der Waals surface area contributed by atoms with Gasteiger partial charge in [0, 0.05) is 11.6 Å². The Hall–Kier alpha value is -3.74. The van der Waals surface area contributed by atoms with Gasteiger partial charge in [-0.2, -0.15) is 0 Å². The predicted molar refractivity (Wildman–Crippen MR) is 149 cm³/mol. The monoisotopic (exact) mass is 557 g/mol. The van der Waals surface area contributed by atoms with E-state index in [4.69, 9.17) is 19.0 Å². The molecular formula is C31H28BrNO4. The first kappa shape index (κ1) is 24.9. The SMILES string of the molecule is COc1ccc(C2=C(c3cc(Br)c(OCc4ccccc4)cc3OCc3ccccc3)ONC2C)cc1. The van der Waals surface area contributed by atoms with E-state index in [1.807, 2.05) is 97.1 Å². The summed E-state index contributed by atoms with van der Waals surface area (Å²) in [5, 5.41) is 0. The fourth-order valence-electron chi connectivity index (χ4n) is 4.22. The molecule has 0 aromatic heterocycles. The van der Waals surface area contributed by atoms with Gasteiger partial charge in [-0.25, -0.2) is 0 Å². The Labute approximate surface area is 225 Å². The fraction of sp³-hybridized carbons (Fsp3) is 0.161. The zero-order valence-electron chi connectivity index (χ0n) is 20.7. The summed E-state index contributed by atoms with van der Waals surface area (Å²) in [5.74, 6) is 2.89. The molecule has 1 heterocycles. The van der Waals surface area contributed by atoms with E-state index < -0.39 is 0 Å². The number of hydroxylamine groups is 1. The first-order chi connectivity index (χ1) is 18.1. The van der Waals surface area contributed by atoms with E-state index in [1.54, 1.807) is 7.11 Å². The molecule has 0 amide bonds. The molecule has 1 aliphatic heterocycles. The Morgan fingerprint density at radius 3 is 1.97 bits per heavy atom. The molecule has 0 saturated carbocycles. The summed E-state index contributed by atoms with van der Waals surface area (Å²) in [6.07, 6.45) is 0. The van der Waals surface area contributed by atoms with Crippen molar-refractivity contribution < 1.29 is 19.0 Å². The van der Waals surface area contributed by atoms with Gasteiger partial charge < -0.3 is 19.0 Å². The summed E-state index contributed by atoms with van der Waals surface area (Å²) in [4.78, 5) is 6.05. The number of benzene rings is 4. The van der Waals surface area contributed by atoms with Crippen LogP contribution in [0.3, 0.4) is 0 Å². The van der Waals surface area contributed by atoms with Crippen molar-refractivity contribution in [1.82, 2.24) is 5.48 Å². The van der Waals surface area contributed by atoms with Crippen LogP contribution in [0.4, 0.5) is 0 Å². The lowest BCUT2D eigenvalue weighted by molar-refractivity contribution is 0.166. The third-order valence-electron chi connectivity index (χ3n) is 6.17. The number of methoxy groups -OCH3 is 1. The van der Waals surface area contributed by atoms with Gasteiger partial charge in [0.25, 0.3) is 0 Å². The Bertz CT molecular complexity index is 1370. The highest BCUT2D eigenvalue weighted by Crippen LogP contribution is 2.42. The second-order valence-electron chi connectivity index (χ2n) is 8.74. The first-order valence-electron chi connectivity index (χ1n) is 12.1. The van der Waals surface area contributed by atoms with Crippen molar-refractivity contribution in [3.63, 3.8) is 0 Å². The van der Waals surface area contributed by atoms with Gasteiger partial charge >= 0.3 is 0 Å². The van der Waals surface area contributed by atoms with Crippen LogP contribution in [0.5, 0.6) is 17.2 Å². The number of hydrogen-bond donors (Lipinski definition) is 1. The zero-order valence-corrected chi connectivity index (χ0v) is 22.3. The summed E-state index contributed by atoms with van der Waals surface area (Å²) in [6.45, 7) is 2.94. The predicted octanol–water partition coefficient (Wildman–Crippen LogP) is 7.41. The van der Waals surface area contributed by atoms with Crippen molar-refractivity contribution in [2.45, 2.75) is 26.2 Å². The highest BCUT2D eigenvalue weighted by Gasteiger charge is 2.29. The molecule has 1 aliphatic rings. The van der Waals surface area contributed by atoms with Crippen LogP contribution >= 0.6 is 15.9 Å². The highest BCUT2D eigenvalue weighted by atomic mass is 79.9. The molecule has 0 spiro atoms. The molecule has 0 aliphatic carbocycles. The van der Waals surface area contributed by atoms with Gasteiger partial charge in [-0.3, -0.25) is 0 Å². The molecule has 5 nitrogen and oxygen atoms in total. The summed E-state index contributed by atoms with van der Waals surface area (Å²) in [7, 11) is 1.66. The standard InChI is InChI=1S/C31H28BrNO4/c1-21-30(24-13-15-25(34-2)16-14-24)31(37-33-21)26-17-27(32)29(36-20-23-11-7-4-8-12-23)18-28(26)35-19-22-9-5-3-6-10-22/h3-18,21,33H,19-20H2,1-2H3. The van der Waals surface area contributed by atoms with Crippen molar-refractivity contribution in [1.29, 1.82) is 0 Å². The molecule has 0 radical (unpaired) electrons. The average molecular weight is 558 g/mol. The van der Waals surface area contributed by atoms with Crippen LogP contribution < -0.4 is 19.7 Å². The van der Waals surface area contributed by atoms with Gasteiger partial charge in [0.2, 0.25) is 0 Å². The van der Waals surface area contributed by atoms with Gasteiger partial charge in [-0.05, 0) is 57.7 Å². The maximum atomic E-state index is 6.38. The lowest BCUT2D eigenvalue weighted by Gasteiger charge is -2.17. The number of halogens is 1. The fourth-order valence-corrected chi connectivity index (χ4v) is 4.68. The van der Waals surface area contributed by atoms with E-state index in [-0.39, 0.29) is 6.04 Å². The molecule has 0 fully saturated rings. The molecule has 6 heteroatoms. The van der Waals surface area contributed by atoms with Crippen molar-refractivity contribution in [2.75, 3.05) is 7.11 Å². The number of rotatable bonds is 9. The van der Waals surface area contributed by atoms with Gasteiger partial charge in [0.15, 0.2) is 5.76 Å². The minimum Gasteiger partial charge on any atom is -0.497 e. The van der Waals surface area contributed by atoms with Crippen molar-refractivity contribution in [3.05, 3.63) is 124 Å². The molecule has 1 unspecified atom stereocenters. The maximum Gasteiger partial charge on any atom is 0.163 e. The van der Waals surface area contributed by atoms with Crippen molar-refractivity contribution in [3.8, 4) is 17.2 Å². The van der Waals surface area contributed by atoms with E-state index in [0.717, 1.165) is 43.8 Å². The molecule has 4 aromatic rings. The van der Waals surface area contributed by atoms with E-state index in [2.05, 4.69) is 28.3 Å². The highest BCUT2D eigenvalue weighted by molar-refractivity contribution is 9.10. The Balaban J connectivity index is 1.53. The normalized spacial score (nSPS) is 14.8. The molecule has 4 aromatic carbocycles. The summed E-state index contributed by atoms with van der Waals surface area (Å²) in [5.41, 5.74) is 8.20. The molecule has 37 heavy (non-hydrogen) atoms. The number of nitrogens with one attached hydrogen (secondary N) is 1. The van der Waals surface area contributed by atoms with E-state index in [0.29, 0.717) is 24.7 Å². The molecule has 188 valence electrons. The minimum atomic E-state index is -0.0156. The molecule has 0 saturated heterocycles. The van der Waals surface area contributed by atoms with Crippen molar-refractivity contribution in [2.24, 2.45) is 0 Å². The third kappa shape index (κ3) is 5.82. The molecule has 5 rings (SSSR count). The smallest absolute Gasteiger partial charge is 0.163 e. The Morgan fingerprint density at radius 1 is 0.784 bits per heavy atom. The van der Waals surface area contributed by atoms with E-state index >= 15 is 0 Å². The summed E-state index contributed by atoms with van der Waals surface area (Å²) < 4.78 is 18.7. The third-order valence-corrected chi connectivity index (χ3v) is 6.79. The topological polar surface area (TPSA) is 49.0 Å². The van der Waals surface area contributed by atoms with E-state index in [1.165, 1.54) is 0 Å². The largest absolute Gasteiger partial charge is 0.497 e. The lowest BCUT2D eigenvalue weighted by atomic mass is 9.96.